The van der Waals surface area contributed by atoms with Crippen molar-refractivity contribution in [2.45, 2.75) is 18.4 Å². The molecule has 1 aromatic rings. The van der Waals surface area contributed by atoms with E-state index in [1.807, 2.05) is 18.2 Å². The lowest BCUT2D eigenvalue weighted by molar-refractivity contribution is -0.144. The lowest BCUT2D eigenvalue weighted by Gasteiger charge is -2.12. The zero-order valence-corrected chi connectivity index (χ0v) is 9.20. The van der Waals surface area contributed by atoms with Gasteiger partial charge in [0, 0.05) is 5.56 Å². The number of carbonyl (C=O) groups excluding carboxylic acids is 1. The van der Waals surface area contributed by atoms with Crippen molar-refractivity contribution < 1.29 is 14.6 Å². The Morgan fingerprint density at radius 3 is 2.60 bits per heavy atom. The van der Waals surface area contributed by atoms with E-state index in [1.165, 1.54) is 0 Å². The van der Waals surface area contributed by atoms with Crippen molar-refractivity contribution in [1.82, 2.24) is 0 Å². The second-order valence-electron chi connectivity index (χ2n) is 3.04. The van der Waals surface area contributed by atoms with E-state index in [0.29, 0.717) is 5.56 Å². The monoisotopic (exact) mass is 229 g/mol. The fourth-order valence-electron chi connectivity index (χ4n) is 1.19. The molecule has 1 aromatic carbocycles. The van der Waals surface area contributed by atoms with Crippen molar-refractivity contribution in [3.05, 3.63) is 35.9 Å². The molecule has 2 unspecified atom stereocenters. The summed E-state index contributed by atoms with van der Waals surface area (Å²) in [5.41, 5.74) is 0.713. The van der Waals surface area contributed by atoms with Crippen LogP contribution in [0.1, 0.15) is 18.6 Å². The van der Waals surface area contributed by atoms with Crippen LogP contribution in [0.15, 0.2) is 30.3 Å². The molecule has 0 bridgehead atoms. The normalized spacial score (nSPS) is 14.3. The molecule has 0 radical (unpaired) electrons. The summed E-state index contributed by atoms with van der Waals surface area (Å²) in [6, 6.07) is 9.01. The van der Waals surface area contributed by atoms with Crippen LogP contribution in [0.3, 0.4) is 0 Å². The molecule has 0 aliphatic carbocycles. The Morgan fingerprint density at radius 2 is 2.07 bits per heavy atom. The van der Waals surface area contributed by atoms with Gasteiger partial charge in [0.05, 0.1) is 6.61 Å². The van der Waals surface area contributed by atoms with E-state index in [9.17, 15) is 4.79 Å². The highest BCUT2D eigenvalue weighted by molar-refractivity contribution is 6.30. The van der Waals surface area contributed by atoms with Crippen LogP contribution in [0.2, 0.25) is 0 Å². The average molecular weight is 230 g/mol. The van der Waals surface area contributed by atoms with Gasteiger partial charge in [0.25, 0.3) is 0 Å². The van der Waals surface area contributed by atoms with Gasteiger partial charge in [-0.3, -0.25) is 4.79 Å². The standard InChI is InChI=1S/C11H13ClO3/c1-2-15-11(14)9(12)10(13)8-6-4-3-5-7-8/h3-7,9-10,13H,2H2,1H3/p+1. The summed E-state index contributed by atoms with van der Waals surface area (Å²) in [5.74, 6) is -0.539. The number of alkyl halides is 1. The number of benzene rings is 1. The number of carbonyl (C=O) groups is 1. The highest BCUT2D eigenvalue weighted by atomic mass is 35.5. The van der Waals surface area contributed by atoms with Gasteiger partial charge in [-0.1, -0.05) is 30.3 Å². The van der Waals surface area contributed by atoms with Crippen LogP contribution >= 0.6 is 11.6 Å². The molecule has 0 heterocycles. The molecule has 2 atom stereocenters. The second kappa shape index (κ2) is 5.73. The first kappa shape index (κ1) is 12.0. The van der Waals surface area contributed by atoms with E-state index in [4.69, 9.17) is 21.4 Å². The molecule has 0 aliphatic heterocycles. The largest absolute Gasteiger partial charge is 0.465 e. The summed E-state index contributed by atoms with van der Waals surface area (Å²) in [6.45, 7) is 1.99. The van der Waals surface area contributed by atoms with Crippen LogP contribution in [-0.4, -0.2) is 23.1 Å². The van der Waals surface area contributed by atoms with Crippen LogP contribution < -0.4 is 0 Å². The molecule has 0 fully saturated rings. The minimum atomic E-state index is -0.952. The van der Waals surface area contributed by atoms with Crippen LogP contribution in [0, 0.1) is 0 Å². The van der Waals surface area contributed by atoms with E-state index in [2.05, 4.69) is 0 Å². The third kappa shape index (κ3) is 3.22. The quantitative estimate of drug-likeness (QED) is 0.448. The first-order valence-corrected chi connectivity index (χ1v) is 5.17. The maximum atomic E-state index is 11.3. The Hall–Kier alpha value is -1.06. The molecule has 2 N–H and O–H groups in total. The highest BCUT2D eigenvalue weighted by Crippen LogP contribution is 2.21. The number of halogens is 1. The van der Waals surface area contributed by atoms with Gasteiger partial charge in [-0.15, -0.1) is 11.6 Å². The fourth-order valence-corrected chi connectivity index (χ4v) is 1.40. The molecule has 0 amide bonds. The lowest BCUT2D eigenvalue weighted by Crippen LogP contribution is -2.25. The predicted molar refractivity (Wildman–Crippen MR) is 59.1 cm³/mol. The zero-order chi connectivity index (χ0) is 11.3. The zero-order valence-electron chi connectivity index (χ0n) is 8.44. The first-order chi connectivity index (χ1) is 7.16. The van der Waals surface area contributed by atoms with Crippen molar-refractivity contribution in [3.8, 4) is 0 Å². The van der Waals surface area contributed by atoms with E-state index in [-0.39, 0.29) is 6.61 Å². The van der Waals surface area contributed by atoms with E-state index in [1.54, 1.807) is 19.1 Å². The Balaban J connectivity index is 2.68. The van der Waals surface area contributed by atoms with Gasteiger partial charge in [0.1, 0.15) is 0 Å². The SMILES string of the molecule is CCOC(=O)C(Cl)C([OH2+])c1ccccc1. The molecule has 3 nitrogen and oxygen atoms in total. The Morgan fingerprint density at radius 1 is 1.47 bits per heavy atom. The number of esters is 1. The van der Waals surface area contributed by atoms with E-state index < -0.39 is 17.5 Å². The van der Waals surface area contributed by atoms with Gasteiger partial charge < -0.3 is 9.84 Å². The molecular formula is C11H14ClO3+. The fraction of sp³-hybridized carbons (Fsp3) is 0.364. The molecule has 0 spiro atoms. The number of hydrogen-bond donors (Lipinski definition) is 0. The maximum Gasteiger partial charge on any atom is 0.332 e. The minimum Gasteiger partial charge on any atom is -0.465 e. The molecule has 0 aromatic heterocycles. The Kier molecular flexibility index (Phi) is 4.59. The van der Waals surface area contributed by atoms with Crippen molar-refractivity contribution in [2.75, 3.05) is 6.61 Å². The second-order valence-corrected chi connectivity index (χ2v) is 3.51. The van der Waals surface area contributed by atoms with Gasteiger partial charge in [0.15, 0.2) is 0 Å². The van der Waals surface area contributed by atoms with Gasteiger partial charge in [0.2, 0.25) is 11.5 Å². The third-order valence-electron chi connectivity index (χ3n) is 1.96. The lowest BCUT2D eigenvalue weighted by atomic mass is 10.1. The Bertz CT molecular complexity index is 313. The van der Waals surface area contributed by atoms with E-state index in [0.717, 1.165) is 0 Å². The average Bonchev–Trinajstić information content (AvgIpc) is 2.28. The summed E-state index contributed by atoms with van der Waals surface area (Å²) in [4.78, 5) is 11.3. The molecule has 82 valence electrons. The highest BCUT2D eigenvalue weighted by Gasteiger charge is 2.30. The molecule has 0 aliphatic rings. The smallest absolute Gasteiger partial charge is 0.332 e. The van der Waals surface area contributed by atoms with Crippen molar-refractivity contribution >= 4 is 17.6 Å². The van der Waals surface area contributed by atoms with Crippen molar-refractivity contribution in [2.24, 2.45) is 0 Å². The Labute approximate surface area is 93.6 Å². The number of rotatable bonds is 4. The molecule has 0 saturated heterocycles. The molecular weight excluding hydrogens is 216 g/mol. The summed E-state index contributed by atoms with van der Waals surface area (Å²) in [6.07, 6.45) is -0.785. The van der Waals surface area contributed by atoms with Crippen molar-refractivity contribution in [1.29, 1.82) is 0 Å². The van der Waals surface area contributed by atoms with E-state index >= 15 is 0 Å². The molecule has 15 heavy (non-hydrogen) atoms. The van der Waals surface area contributed by atoms with Crippen LogP contribution in [0.25, 0.3) is 0 Å². The molecule has 1 rings (SSSR count). The van der Waals surface area contributed by atoms with Crippen molar-refractivity contribution in [3.63, 3.8) is 0 Å². The summed E-state index contributed by atoms with van der Waals surface area (Å²) >= 11 is 5.83. The molecule has 4 heteroatoms. The van der Waals surface area contributed by atoms with Crippen LogP contribution in [0.5, 0.6) is 0 Å². The summed E-state index contributed by atoms with van der Waals surface area (Å²) in [5, 5.41) is 6.84. The van der Waals surface area contributed by atoms with Crippen LogP contribution in [0.4, 0.5) is 0 Å². The summed E-state index contributed by atoms with van der Waals surface area (Å²) in [7, 11) is 0. The first-order valence-electron chi connectivity index (χ1n) is 4.73. The summed E-state index contributed by atoms with van der Waals surface area (Å²) < 4.78 is 4.76. The van der Waals surface area contributed by atoms with Gasteiger partial charge in [-0.25, -0.2) is 0 Å². The third-order valence-corrected chi connectivity index (χ3v) is 2.39. The van der Waals surface area contributed by atoms with Gasteiger partial charge in [-0.05, 0) is 6.92 Å². The maximum absolute atomic E-state index is 11.3. The number of hydrogen-bond acceptors (Lipinski definition) is 2. The topological polar surface area (TPSA) is 49.2 Å². The minimum absolute atomic E-state index is 0.281. The van der Waals surface area contributed by atoms with Crippen LogP contribution in [-0.2, 0) is 9.53 Å². The number of ether oxygens (including phenoxy) is 1. The van der Waals surface area contributed by atoms with Gasteiger partial charge in [-0.2, -0.15) is 0 Å². The molecule has 0 saturated carbocycles. The van der Waals surface area contributed by atoms with Gasteiger partial charge >= 0.3 is 5.97 Å². The predicted octanol–water partition coefficient (Wildman–Crippen LogP) is 1.62.